The van der Waals surface area contributed by atoms with Crippen LogP contribution in [-0.2, 0) is 0 Å². The molecule has 0 unspecified atom stereocenters. The van der Waals surface area contributed by atoms with Gasteiger partial charge in [-0.15, -0.1) is 11.8 Å². The zero-order chi connectivity index (χ0) is 21.7. The number of hydrogen-bond donors (Lipinski definition) is 0. The predicted octanol–water partition coefficient (Wildman–Crippen LogP) is 5.07. The summed E-state index contributed by atoms with van der Waals surface area (Å²) in [5.41, 5.74) is 2.70. The molecule has 7 heteroatoms. The van der Waals surface area contributed by atoms with Crippen LogP contribution >= 0.6 is 23.1 Å². The van der Waals surface area contributed by atoms with E-state index in [0.717, 1.165) is 40.7 Å². The van der Waals surface area contributed by atoms with E-state index < -0.39 is 0 Å². The minimum Gasteiger partial charge on any atom is -0.378 e. The second-order valence-corrected chi connectivity index (χ2v) is 9.14. The number of likely N-dealkylation sites (N-methyl/N-ethyl adjacent to an activating group) is 1. The van der Waals surface area contributed by atoms with E-state index in [9.17, 15) is 4.79 Å². The molecule has 1 aromatic heterocycles. The van der Waals surface area contributed by atoms with Crippen LogP contribution in [0.15, 0.2) is 47.4 Å². The third-order valence-electron chi connectivity index (χ3n) is 5.23. The van der Waals surface area contributed by atoms with Crippen molar-refractivity contribution in [3.8, 4) is 0 Å². The van der Waals surface area contributed by atoms with Gasteiger partial charge in [-0.1, -0.05) is 25.2 Å². The first-order valence-corrected chi connectivity index (χ1v) is 12.3. The van der Waals surface area contributed by atoms with Gasteiger partial charge >= 0.3 is 0 Å². The van der Waals surface area contributed by atoms with Crippen LogP contribution in [0.3, 0.4) is 0 Å². The fourth-order valence-electron chi connectivity index (χ4n) is 3.26. The number of benzene rings is 2. The maximum absolute atomic E-state index is 13.5. The molecule has 0 atom stereocenters. The highest BCUT2D eigenvalue weighted by atomic mass is 32.2. The molecule has 0 bridgehead atoms. The zero-order valence-electron chi connectivity index (χ0n) is 18.4. The molecule has 30 heavy (non-hydrogen) atoms. The van der Waals surface area contributed by atoms with Crippen LogP contribution in [0.4, 0.5) is 10.8 Å². The van der Waals surface area contributed by atoms with Crippen LogP contribution in [0.5, 0.6) is 0 Å². The summed E-state index contributed by atoms with van der Waals surface area (Å²) >= 11 is 3.30. The summed E-state index contributed by atoms with van der Waals surface area (Å²) in [4.78, 5) is 25.7. The molecule has 0 saturated carbocycles. The number of amides is 1. The van der Waals surface area contributed by atoms with Crippen LogP contribution in [0, 0.1) is 0 Å². The Balaban J connectivity index is 1.94. The lowest BCUT2D eigenvalue weighted by Crippen LogP contribution is -2.38. The molecule has 3 aromatic rings. The lowest BCUT2D eigenvalue weighted by molar-refractivity contribution is 0.0984. The van der Waals surface area contributed by atoms with E-state index >= 15 is 0 Å². The number of carbonyl (C=O) groups is 1. The van der Waals surface area contributed by atoms with Crippen molar-refractivity contribution >= 4 is 50.0 Å². The van der Waals surface area contributed by atoms with Gasteiger partial charge < -0.3 is 9.80 Å². The molecule has 1 amide bonds. The Kier molecular flexibility index (Phi) is 7.75. The van der Waals surface area contributed by atoms with Crippen LogP contribution in [0.2, 0.25) is 0 Å². The van der Waals surface area contributed by atoms with E-state index in [1.165, 1.54) is 4.90 Å². The Morgan fingerprint density at radius 1 is 1.03 bits per heavy atom. The third kappa shape index (κ3) is 5.14. The maximum atomic E-state index is 13.5. The first-order chi connectivity index (χ1) is 14.5. The van der Waals surface area contributed by atoms with Gasteiger partial charge in [0.25, 0.3) is 5.91 Å². The molecule has 1 heterocycles. The highest BCUT2D eigenvalue weighted by Crippen LogP contribution is 2.32. The number of rotatable bonds is 9. The molecule has 5 nitrogen and oxygen atoms in total. The molecule has 0 fully saturated rings. The number of thioether (sulfide) groups is 1. The SMILES string of the molecule is CCN(CC)CCN(C(=O)c1ccc(N(C)C)cc1)c1nc2ccc(SC)cc2s1. The average molecular weight is 443 g/mol. The number of fused-ring (bicyclic) bond motifs is 1. The molecule has 0 aliphatic heterocycles. The predicted molar refractivity (Wildman–Crippen MR) is 132 cm³/mol. The van der Waals surface area contributed by atoms with Crippen molar-refractivity contribution < 1.29 is 4.79 Å². The van der Waals surface area contributed by atoms with Gasteiger partial charge in [-0.05, 0) is 61.8 Å². The van der Waals surface area contributed by atoms with Crippen molar-refractivity contribution in [3.05, 3.63) is 48.0 Å². The fourth-order valence-corrected chi connectivity index (χ4v) is 4.80. The average Bonchev–Trinajstić information content (AvgIpc) is 3.19. The molecular formula is C23H30N4OS2. The van der Waals surface area contributed by atoms with Crippen molar-refractivity contribution in [2.24, 2.45) is 0 Å². The summed E-state index contributed by atoms with van der Waals surface area (Å²) in [6, 6.07) is 14.1. The van der Waals surface area contributed by atoms with Crippen molar-refractivity contribution in [2.45, 2.75) is 18.7 Å². The van der Waals surface area contributed by atoms with Crippen LogP contribution < -0.4 is 9.80 Å². The second kappa shape index (κ2) is 10.3. The fraction of sp³-hybridized carbons (Fsp3) is 0.391. The lowest BCUT2D eigenvalue weighted by atomic mass is 10.1. The van der Waals surface area contributed by atoms with Crippen molar-refractivity contribution in [1.29, 1.82) is 0 Å². The third-order valence-corrected chi connectivity index (χ3v) is 6.99. The summed E-state index contributed by atoms with van der Waals surface area (Å²) in [6.45, 7) is 7.67. The van der Waals surface area contributed by atoms with Gasteiger partial charge in [-0.2, -0.15) is 0 Å². The van der Waals surface area contributed by atoms with Gasteiger partial charge in [0.2, 0.25) is 0 Å². The smallest absolute Gasteiger partial charge is 0.260 e. The van der Waals surface area contributed by atoms with Gasteiger partial charge in [0.05, 0.1) is 10.2 Å². The first kappa shape index (κ1) is 22.6. The Morgan fingerprint density at radius 3 is 2.33 bits per heavy atom. The number of nitrogens with zero attached hydrogens (tertiary/aromatic N) is 4. The van der Waals surface area contributed by atoms with Crippen molar-refractivity contribution in [2.75, 3.05) is 56.3 Å². The summed E-state index contributed by atoms with van der Waals surface area (Å²) in [7, 11) is 3.99. The van der Waals surface area contributed by atoms with Gasteiger partial charge in [0, 0.05) is 43.3 Å². The Labute approximate surface area is 187 Å². The van der Waals surface area contributed by atoms with E-state index in [-0.39, 0.29) is 5.91 Å². The molecular weight excluding hydrogens is 412 g/mol. The molecule has 0 aliphatic rings. The first-order valence-electron chi connectivity index (χ1n) is 10.2. The van der Waals surface area contributed by atoms with E-state index in [4.69, 9.17) is 4.98 Å². The van der Waals surface area contributed by atoms with E-state index in [2.05, 4.69) is 37.1 Å². The molecule has 160 valence electrons. The summed E-state index contributed by atoms with van der Waals surface area (Å²) < 4.78 is 1.11. The minimum atomic E-state index is -0.00314. The highest BCUT2D eigenvalue weighted by molar-refractivity contribution is 7.98. The molecule has 0 aliphatic carbocycles. The summed E-state index contributed by atoms with van der Waals surface area (Å²) in [5.74, 6) is -0.00314. The normalized spacial score (nSPS) is 11.3. The standard InChI is InChI=1S/C23H30N4OS2/c1-6-26(7-2)14-15-27(22(28)17-8-10-18(11-9-17)25(3)4)23-24-20-13-12-19(29-5)16-21(20)30-23/h8-13,16H,6-7,14-15H2,1-5H3. The number of aromatic nitrogens is 1. The zero-order valence-corrected chi connectivity index (χ0v) is 20.0. The molecule has 3 rings (SSSR count). The van der Waals surface area contributed by atoms with Crippen LogP contribution in [0.25, 0.3) is 10.2 Å². The molecule has 2 aromatic carbocycles. The van der Waals surface area contributed by atoms with Gasteiger partial charge in [-0.25, -0.2) is 4.98 Å². The lowest BCUT2D eigenvalue weighted by Gasteiger charge is -2.25. The summed E-state index contributed by atoms with van der Waals surface area (Å²) in [5, 5.41) is 0.761. The Hall–Kier alpha value is -2.09. The molecule has 0 saturated heterocycles. The Morgan fingerprint density at radius 2 is 1.73 bits per heavy atom. The second-order valence-electron chi connectivity index (χ2n) is 7.26. The monoisotopic (exact) mass is 442 g/mol. The largest absolute Gasteiger partial charge is 0.378 e. The van der Waals surface area contributed by atoms with Crippen LogP contribution in [-0.4, -0.2) is 62.3 Å². The van der Waals surface area contributed by atoms with Gasteiger partial charge in [0.1, 0.15) is 0 Å². The van der Waals surface area contributed by atoms with Gasteiger partial charge in [0.15, 0.2) is 5.13 Å². The summed E-state index contributed by atoms with van der Waals surface area (Å²) in [6.07, 6.45) is 2.07. The quantitative estimate of drug-likeness (QED) is 0.433. The van der Waals surface area contributed by atoms with Crippen molar-refractivity contribution in [3.63, 3.8) is 0 Å². The topological polar surface area (TPSA) is 39.7 Å². The van der Waals surface area contributed by atoms with Gasteiger partial charge in [-0.3, -0.25) is 9.69 Å². The van der Waals surface area contributed by atoms with Crippen LogP contribution in [0.1, 0.15) is 24.2 Å². The number of hydrogen-bond acceptors (Lipinski definition) is 6. The van der Waals surface area contributed by atoms with E-state index in [1.54, 1.807) is 23.1 Å². The molecule has 0 radical (unpaired) electrons. The molecule has 0 spiro atoms. The maximum Gasteiger partial charge on any atom is 0.260 e. The minimum absolute atomic E-state index is 0.00314. The number of carbonyl (C=O) groups excluding carboxylic acids is 1. The van der Waals surface area contributed by atoms with Crippen molar-refractivity contribution in [1.82, 2.24) is 9.88 Å². The highest BCUT2D eigenvalue weighted by Gasteiger charge is 2.22. The Bertz CT molecular complexity index is 981. The van der Waals surface area contributed by atoms with E-state index in [0.29, 0.717) is 12.1 Å². The molecule has 0 N–H and O–H groups in total. The number of anilines is 2. The number of thiazole rings is 1. The van der Waals surface area contributed by atoms with E-state index in [1.807, 2.05) is 54.2 Å².